The number of nitrogens with zero attached hydrogens (tertiary/aromatic N) is 1. The number of ether oxygens (including phenoxy) is 2. The van der Waals surface area contributed by atoms with Crippen LogP contribution in [0.5, 0.6) is 11.5 Å². The van der Waals surface area contributed by atoms with E-state index in [0.29, 0.717) is 41.8 Å². The van der Waals surface area contributed by atoms with Gasteiger partial charge in [0.1, 0.15) is 13.2 Å². The highest BCUT2D eigenvalue weighted by Crippen LogP contribution is 2.39. The minimum atomic E-state index is -0.438. The molecule has 0 unspecified atom stereocenters. The molecule has 1 aromatic heterocycles. The highest BCUT2D eigenvalue weighted by molar-refractivity contribution is 6.30. The Balaban J connectivity index is 1.88. The zero-order chi connectivity index (χ0) is 20.5. The van der Waals surface area contributed by atoms with Crippen LogP contribution in [-0.4, -0.2) is 23.7 Å². The SMILES string of the molecule is CCc1c(-c2ccc3c(c2)OCCO3)c(C(N)=O)c(C)n1Cc1cccc(Cl)c1. The number of carbonyl (C=O) groups is 1. The van der Waals surface area contributed by atoms with Crippen molar-refractivity contribution in [2.45, 2.75) is 26.8 Å². The summed E-state index contributed by atoms with van der Waals surface area (Å²) in [6, 6.07) is 13.5. The molecule has 1 amide bonds. The average molecular weight is 411 g/mol. The summed E-state index contributed by atoms with van der Waals surface area (Å²) < 4.78 is 13.5. The number of halogens is 1. The molecule has 3 aromatic rings. The first-order valence-corrected chi connectivity index (χ1v) is 10.0. The molecule has 2 heterocycles. The Hall–Kier alpha value is -2.92. The Morgan fingerprint density at radius 3 is 2.59 bits per heavy atom. The van der Waals surface area contributed by atoms with Gasteiger partial charge in [0.15, 0.2) is 11.5 Å². The van der Waals surface area contributed by atoms with Crippen molar-refractivity contribution in [2.24, 2.45) is 5.73 Å². The van der Waals surface area contributed by atoms with Crippen molar-refractivity contribution in [3.05, 3.63) is 70.0 Å². The smallest absolute Gasteiger partial charge is 0.251 e. The van der Waals surface area contributed by atoms with Gasteiger partial charge in [0, 0.05) is 28.5 Å². The summed E-state index contributed by atoms with van der Waals surface area (Å²) >= 11 is 6.17. The van der Waals surface area contributed by atoms with Crippen molar-refractivity contribution in [1.29, 1.82) is 0 Å². The lowest BCUT2D eigenvalue weighted by Gasteiger charge is -2.19. The van der Waals surface area contributed by atoms with E-state index in [1.165, 1.54) is 0 Å². The molecule has 0 bridgehead atoms. The summed E-state index contributed by atoms with van der Waals surface area (Å²) in [6.45, 7) is 5.67. The van der Waals surface area contributed by atoms with Gasteiger partial charge in [-0.3, -0.25) is 4.79 Å². The Kier molecular flexibility index (Phi) is 5.24. The van der Waals surface area contributed by atoms with E-state index >= 15 is 0 Å². The van der Waals surface area contributed by atoms with Crippen LogP contribution < -0.4 is 15.2 Å². The number of rotatable bonds is 5. The number of amides is 1. The molecule has 29 heavy (non-hydrogen) atoms. The van der Waals surface area contributed by atoms with Crippen LogP contribution in [0.1, 0.15) is 34.2 Å². The van der Waals surface area contributed by atoms with Crippen LogP contribution in [0.2, 0.25) is 5.02 Å². The van der Waals surface area contributed by atoms with Gasteiger partial charge in [0.05, 0.1) is 5.56 Å². The van der Waals surface area contributed by atoms with Crippen LogP contribution in [0.25, 0.3) is 11.1 Å². The number of aromatic nitrogens is 1. The van der Waals surface area contributed by atoms with Crippen LogP contribution >= 0.6 is 11.6 Å². The van der Waals surface area contributed by atoms with Crippen molar-refractivity contribution in [1.82, 2.24) is 4.57 Å². The van der Waals surface area contributed by atoms with Crippen LogP contribution in [0, 0.1) is 6.92 Å². The number of primary amides is 1. The molecule has 0 spiro atoms. The second-order valence-electron chi connectivity index (χ2n) is 7.07. The molecule has 150 valence electrons. The second-order valence-corrected chi connectivity index (χ2v) is 7.51. The minimum Gasteiger partial charge on any atom is -0.486 e. The van der Waals surface area contributed by atoms with Crippen molar-refractivity contribution >= 4 is 17.5 Å². The van der Waals surface area contributed by atoms with Gasteiger partial charge in [0.2, 0.25) is 0 Å². The van der Waals surface area contributed by atoms with Crippen molar-refractivity contribution in [3.63, 3.8) is 0 Å². The van der Waals surface area contributed by atoms with Gasteiger partial charge in [-0.1, -0.05) is 36.7 Å². The molecule has 4 rings (SSSR count). The van der Waals surface area contributed by atoms with Gasteiger partial charge in [-0.05, 0) is 48.7 Å². The summed E-state index contributed by atoms with van der Waals surface area (Å²) in [7, 11) is 0. The predicted octanol–water partition coefficient (Wildman–Crippen LogP) is 4.60. The summed E-state index contributed by atoms with van der Waals surface area (Å²) in [5.74, 6) is 0.965. The Morgan fingerprint density at radius 1 is 1.14 bits per heavy atom. The Labute approximate surface area is 175 Å². The number of nitrogens with two attached hydrogens (primary N) is 1. The van der Waals surface area contributed by atoms with Gasteiger partial charge in [-0.15, -0.1) is 0 Å². The molecule has 1 aliphatic rings. The van der Waals surface area contributed by atoms with Crippen LogP contribution in [0.4, 0.5) is 0 Å². The van der Waals surface area contributed by atoms with Crippen molar-refractivity contribution in [3.8, 4) is 22.6 Å². The van der Waals surface area contributed by atoms with E-state index in [-0.39, 0.29) is 0 Å². The van der Waals surface area contributed by atoms with E-state index in [4.69, 9.17) is 26.8 Å². The largest absolute Gasteiger partial charge is 0.486 e. The number of carbonyl (C=O) groups excluding carboxylic acids is 1. The Bertz CT molecular complexity index is 1090. The third kappa shape index (κ3) is 3.58. The van der Waals surface area contributed by atoms with Gasteiger partial charge in [-0.25, -0.2) is 0 Å². The van der Waals surface area contributed by atoms with E-state index < -0.39 is 5.91 Å². The van der Waals surface area contributed by atoms with Crippen LogP contribution in [0.3, 0.4) is 0 Å². The number of hydrogen-bond acceptors (Lipinski definition) is 3. The minimum absolute atomic E-state index is 0.438. The molecule has 0 radical (unpaired) electrons. The van der Waals surface area contributed by atoms with E-state index in [1.54, 1.807) is 0 Å². The lowest BCUT2D eigenvalue weighted by atomic mass is 9.98. The predicted molar refractivity (Wildman–Crippen MR) is 114 cm³/mol. The number of hydrogen-bond donors (Lipinski definition) is 1. The van der Waals surface area contributed by atoms with Crippen molar-refractivity contribution < 1.29 is 14.3 Å². The fourth-order valence-corrected chi connectivity index (χ4v) is 4.22. The van der Waals surface area contributed by atoms with Gasteiger partial charge in [-0.2, -0.15) is 0 Å². The highest BCUT2D eigenvalue weighted by Gasteiger charge is 2.25. The fraction of sp³-hybridized carbons (Fsp3) is 0.261. The zero-order valence-corrected chi connectivity index (χ0v) is 17.3. The Morgan fingerprint density at radius 2 is 1.90 bits per heavy atom. The quantitative estimate of drug-likeness (QED) is 0.668. The maximum absolute atomic E-state index is 12.4. The fourth-order valence-electron chi connectivity index (χ4n) is 4.01. The van der Waals surface area contributed by atoms with Crippen molar-refractivity contribution in [2.75, 3.05) is 13.2 Å². The molecule has 6 heteroatoms. The monoisotopic (exact) mass is 410 g/mol. The van der Waals surface area contributed by atoms with Crippen LogP contribution in [-0.2, 0) is 13.0 Å². The second kappa shape index (κ2) is 7.84. The molecular weight excluding hydrogens is 388 g/mol. The summed E-state index contributed by atoms with van der Waals surface area (Å²) in [5, 5.41) is 0.688. The third-order valence-electron chi connectivity index (χ3n) is 5.27. The third-order valence-corrected chi connectivity index (χ3v) is 5.51. The van der Waals surface area contributed by atoms with Gasteiger partial charge in [0.25, 0.3) is 5.91 Å². The maximum Gasteiger partial charge on any atom is 0.251 e. The standard InChI is InChI=1S/C23H23ClN2O3/c1-3-18-22(16-7-8-19-20(12-16)29-10-9-28-19)21(23(25)27)14(2)26(18)13-15-5-4-6-17(24)11-15/h4-8,11-12H,3,9-10,13H2,1-2H3,(H2,25,27). The molecule has 2 N–H and O–H groups in total. The molecule has 1 aliphatic heterocycles. The lowest BCUT2D eigenvalue weighted by molar-refractivity contribution is 0.1000. The zero-order valence-electron chi connectivity index (χ0n) is 16.5. The van der Waals surface area contributed by atoms with Gasteiger partial charge < -0.3 is 19.8 Å². The first-order chi connectivity index (χ1) is 14.0. The van der Waals surface area contributed by atoms with E-state index in [9.17, 15) is 4.79 Å². The maximum atomic E-state index is 12.4. The summed E-state index contributed by atoms with van der Waals surface area (Å²) in [4.78, 5) is 12.4. The van der Waals surface area contributed by atoms with Crippen LogP contribution in [0.15, 0.2) is 42.5 Å². The number of fused-ring (bicyclic) bond motifs is 1. The van der Waals surface area contributed by atoms with E-state index in [1.807, 2.05) is 49.4 Å². The molecule has 5 nitrogen and oxygen atoms in total. The number of benzene rings is 2. The molecule has 0 aliphatic carbocycles. The van der Waals surface area contributed by atoms with E-state index in [2.05, 4.69) is 11.5 Å². The highest BCUT2D eigenvalue weighted by atomic mass is 35.5. The average Bonchev–Trinajstić information content (AvgIpc) is 2.99. The first-order valence-electron chi connectivity index (χ1n) is 9.65. The molecule has 0 saturated carbocycles. The van der Waals surface area contributed by atoms with Gasteiger partial charge >= 0.3 is 0 Å². The topological polar surface area (TPSA) is 66.5 Å². The summed E-state index contributed by atoms with van der Waals surface area (Å²) in [5.41, 5.74) is 11.1. The molecule has 0 fully saturated rings. The molecular formula is C23H23ClN2O3. The molecule has 0 saturated heterocycles. The first kappa shape index (κ1) is 19.4. The lowest BCUT2D eigenvalue weighted by Crippen LogP contribution is -2.15. The van der Waals surface area contributed by atoms with E-state index in [0.717, 1.165) is 34.5 Å². The molecule has 2 aromatic carbocycles. The summed E-state index contributed by atoms with van der Waals surface area (Å²) in [6.07, 6.45) is 0.748. The molecule has 0 atom stereocenters. The normalized spacial score (nSPS) is 12.8.